The molecule has 0 bridgehead atoms. The lowest BCUT2D eigenvalue weighted by molar-refractivity contribution is -0.130. The van der Waals surface area contributed by atoms with Gasteiger partial charge in [-0.15, -0.1) is 0 Å². The van der Waals surface area contributed by atoms with Gasteiger partial charge in [0.25, 0.3) is 0 Å². The third-order valence-electron chi connectivity index (χ3n) is 4.75. The molecule has 1 saturated heterocycles. The minimum Gasteiger partial charge on any atom is -0.478 e. The van der Waals surface area contributed by atoms with Crippen molar-refractivity contribution < 1.29 is 14.7 Å². The number of nitrogens with zero attached hydrogens (tertiary/aromatic N) is 2. The Balaban J connectivity index is 1.45. The molecule has 1 aromatic carbocycles. The minimum atomic E-state index is -0.900. The highest BCUT2D eigenvalue weighted by Crippen LogP contribution is 2.22. The number of nitrogens with one attached hydrogen (secondary N) is 1. The van der Waals surface area contributed by atoms with Crippen molar-refractivity contribution in [3.63, 3.8) is 0 Å². The fraction of sp³-hybridized carbons (Fsp3) is 0.421. The zero-order valence-corrected chi connectivity index (χ0v) is 14.1. The van der Waals surface area contributed by atoms with Crippen LogP contribution in [0.2, 0.25) is 0 Å². The number of aromatic nitrogens is 2. The summed E-state index contributed by atoms with van der Waals surface area (Å²) in [5.41, 5.74) is 2.48. The number of carbonyl (C=O) groups excluding carboxylic acids is 1. The number of hydrogen-bond acceptors (Lipinski definition) is 3. The Morgan fingerprint density at radius 3 is 2.96 bits per heavy atom. The molecule has 0 saturated carbocycles. The van der Waals surface area contributed by atoms with Crippen molar-refractivity contribution in [2.75, 3.05) is 13.1 Å². The molecule has 25 heavy (non-hydrogen) atoms. The van der Waals surface area contributed by atoms with E-state index in [0.717, 1.165) is 49.9 Å². The summed E-state index contributed by atoms with van der Waals surface area (Å²) in [5, 5.41) is 15.8. The van der Waals surface area contributed by atoms with Crippen molar-refractivity contribution in [3.05, 3.63) is 53.3 Å². The molecule has 0 aliphatic carbocycles. The monoisotopic (exact) mass is 341 g/mol. The van der Waals surface area contributed by atoms with Gasteiger partial charge in [-0.2, -0.15) is 5.10 Å². The van der Waals surface area contributed by atoms with Gasteiger partial charge in [-0.1, -0.05) is 12.1 Å². The van der Waals surface area contributed by atoms with Gasteiger partial charge in [0.15, 0.2) is 0 Å². The van der Waals surface area contributed by atoms with Crippen LogP contribution >= 0.6 is 0 Å². The molecule has 3 rings (SSSR count). The lowest BCUT2D eigenvalue weighted by atomic mass is 9.97. The van der Waals surface area contributed by atoms with Gasteiger partial charge < -0.3 is 10.0 Å². The molecule has 1 aromatic heterocycles. The van der Waals surface area contributed by atoms with Gasteiger partial charge in [0.1, 0.15) is 0 Å². The fourth-order valence-corrected chi connectivity index (χ4v) is 3.41. The van der Waals surface area contributed by atoms with Gasteiger partial charge in [-0.25, -0.2) is 4.79 Å². The van der Waals surface area contributed by atoms with Gasteiger partial charge in [0.05, 0.1) is 11.8 Å². The van der Waals surface area contributed by atoms with Crippen LogP contribution in [-0.2, 0) is 17.6 Å². The van der Waals surface area contributed by atoms with Crippen molar-refractivity contribution in [3.8, 4) is 0 Å². The third-order valence-corrected chi connectivity index (χ3v) is 4.75. The summed E-state index contributed by atoms with van der Waals surface area (Å²) in [5.74, 6) is -0.283. The molecule has 1 atom stereocenters. The van der Waals surface area contributed by atoms with Crippen LogP contribution < -0.4 is 0 Å². The predicted molar refractivity (Wildman–Crippen MR) is 93.3 cm³/mol. The van der Waals surface area contributed by atoms with E-state index in [1.807, 2.05) is 17.2 Å². The van der Waals surface area contributed by atoms with E-state index in [1.165, 1.54) is 0 Å². The van der Waals surface area contributed by atoms with E-state index in [1.54, 1.807) is 24.4 Å². The van der Waals surface area contributed by atoms with Crippen molar-refractivity contribution in [2.45, 2.75) is 32.1 Å². The third kappa shape index (κ3) is 4.68. The lowest BCUT2D eigenvalue weighted by Gasteiger charge is -2.16. The summed E-state index contributed by atoms with van der Waals surface area (Å²) in [7, 11) is 0. The first-order valence-corrected chi connectivity index (χ1v) is 8.69. The number of carboxylic acids is 1. The molecule has 2 N–H and O–H groups in total. The Morgan fingerprint density at radius 1 is 1.32 bits per heavy atom. The van der Waals surface area contributed by atoms with Crippen molar-refractivity contribution in [2.24, 2.45) is 5.92 Å². The second-order valence-electron chi connectivity index (χ2n) is 6.66. The Morgan fingerprint density at radius 2 is 2.20 bits per heavy atom. The van der Waals surface area contributed by atoms with Gasteiger partial charge in [-0.3, -0.25) is 9.89 Å². The van der Waals surface area contributed by atoms with Crippen LogP contribution in [-0.4, -0.2) is 45.2 Å². The molecule has 132 valence electrons. The fourth-order valence-electron chi connectivity index (χ4n) is 3.41. The first-order valence-electron chi connectivity index (χ1n) is 8.69. The summed E-state index contributed by atoms with van der Waals surface area (Å²) < 4.78 is 0. The highest BCUT2D eigenvalue weighted by molar-refractivity contribution is 5.87. The maximum Gasteiger partial charge on any atom is 0.335 e. The summed E-state index contributed by atoms with van der Waals surface area (Å²) >= 11 is 0. The Labute approximate surface area is 146 Å². The van der Waals surface area contributed by atoms with Crippen LogP contribution in [0.25, 0.3) is 0 Å². The number of aromatic carboxylic acids is 1. The highest BCUT2D eigenvalue weighted by atomic mass is 16.4. The van der Waals surface area contributed by atoms with Gasteiger partial charge in [0.2, 0.25) is 5.91 Å². The maximum atomic E-state index is 12.3. The van der Waals surface area contributed by atoms with Crippen LogP contribution in [0, 0.1) is 5.92 Å². The van der Waals surface area contributed by atoms with Crippen molar-refractivity contribution in [1.82, 2.24) is 15.1 Å². The number of aromatic amines is 1. The van der Waals surface area contributed by atoms with E-state index < -0.39 is 5.97 Å². The number of carboxylic acid groups (broad SMARTS) is 1. The molecule has 1 amide bonds. The molecule has 2 aromatic rings. The van der Waals surface area contributed by atoms with Crippen molar-refractivity contribution in [1.29, 1.82) is 0 Å². The number of benzene rings is 1. The van der Waals surface area contributed by atoms with Gasteiger partial charge >= 0.3 is 5.97 Å². The normalized spacial score (nSPS) is 17.0. The average molecular weight is 341 g/mol. The lowest BCUT2D eigenvalue weighted by Crippen LogP contribution is -2.28. The molecule has 6 heteroatoms. The predicted octanol–water partition coefficient (Wildman–Crippen LogP) is 2.52. The molecular formula is C19H23N3O3. The summed E-state index contributed by atoms with van der Waals surface area (Å²) in [4.78, 5) is 25.3. The molecule has 0 radical (unpaired) electrons. The largest absolute Gasteiger partial charge is 0.478 e. The summed E-state index contributed by atoms with van der Waals surface area (Å²) in [6.45, 7) is 1.57. The Bertz CT molecular complexity index is 727. The number of likely N-dealkylation sites (tertiary alicyclic amines) is 1. The van der Waals surface area contributed by atoms with Crippen LogP contribution in [0.1, 0.15) is 40.7 Å². The minimum absolute atomic E-state index is 0.213. The van der Waals surface area contributed by atoms with Crippen LogP contribution in [0.4, 0.5) is 0 Å². The zero-order valence-electron chi connectivity index (χ0n) is 14.1. The molecule has 1 fully saturated rings. The van der Waals surface area contributed by atoms with Gasteiger partial charge in [-0.05, 0) is 54.9 Å². The second kappa shape index (κ2) is 7.96. The molecule has 1 aliphatic rings. The number of hydrogen-bond donors (Lipinski definition) is 2. The number of carbonyl (C=O) groups is 2. The topological polar surface area (TPSA) is 86.3 Å². The quantitative estimate of drug-likeness (QED) is 0.810. The van der Waals surface area contributed by atoms with E-state index in [2.05, 4.69) is 10.2 Å². The smallest absolute Gasteiger partial charge is 0.335 e. The van der Waals surface area contributed by atoms with Crippen LogP contribution in [0.15, 0.2) is 36.7 Å². The highest BCUT2D eigenvalue weighted by Gasteiger charge is 2.26. The Hall–Kier alpha value is -2.63. The summed E-state index contributed by atoms with van der Waals surface area (Å²) in [6.07, 6.45) is 7.71. The first-order chi connectivity index (χ1) is 12.1. The van der Waals surface area contributed by atoms with Gasteiger partial charge in [0, 0.05) is 25.7 Å². The maximum absolute atomic E-state index is 12.3. The Kier molecular flexibility index (Phi) is 5.48. The van der Waals surface area contributed by atoms with E-state index >= 15 is 0 Å². The average Bonchev–Trinajstić information content (AvgIpc) is 3.27. The molecule has 2 heterocycles. The number of aryl methyl sites for hydroxylation is 1. The standard InChI is InChI=1S/C19H23N3O3/c23-18(6-2-4-16-11-20-21-12-16)22-8-7-15(13-22)9-14-3-1-5-17(10-14)19(24)25/h1,3,5,10-12,15H,2,4,6-9,13H2,(H,20,21)(H,24,25). The van der Waals surface area contributed by atoms with Crippen molar-refractivity contribution >= 4 is 11.9 Å². The molecular weight excluding hydrogens is 318 g/mol. The second-order valence-corrected chi connectivity index (χ2v) is 6.66. The number of amides is 1. The van der Waals surface area contributed by atoms with Crippen LogP contribution in [0.3, 0.4) is 0 Å². The molecule has 1 aliphatic heterocycles. The SMILES string of the molecule is O=C(O)c1cccc(CC2CCN(C(=O)CCCc3cn[nH]c3)C2)c1. The summed E-state index contributed by atoms with van der Waals surface area (Å²) in [6, 6.07) is 7.09. The molecule has 6 nitrogen and oxygen atoms in total. The zero-order chi connectivity index (χ0) is 17.6. The number of rotatable bonds is 7. The van der Waals surface area contributed by atoms with E-state index in [0.29, 0.717) is 17.9 Å². The molecule has 0 spiro atoms. The number of H-pyrrole nitrogens is 1. The van der Waals surface area contributed by atoms with E-state index in [-0.39, 0.29) is 5.91 Å². The van der Waals surface area contributed by atoms with E-state index in [9.17, 15) is 9.59 Å². The first kappa shape index (κ1) is 17.2. The molecule has 1 unspecified atom stereocenters. The van der Waals surface area contributed by atoms with Crippen LogP contribution in [0.5, 0.6) is 0 Å². The van der Waals surface area contributed by atoms with E-state index in [4.69, 9.17) is 5.11 Å².